The lowest BCUT2D eigenvalue weighted by Crippen LogP contribution is -2.27. The van der Waals surface area contributed by atoms with Crippen LogP contribution in [0.15, 0.2) is 22.7 Å². The van der Waals surface area contributed by atoms with Gasteiger partial charge in [-0.1, -0.05) is 22.9 Å². The number of halogens is 3. The Hall–Kier alpha value is 0.0800. The Labute approximate surface area is 122 Å². The van der Waals surface area contributed by atoms with Crippen LogP contribution in [-0.2, 0) is 6.42 Å². The van der Waals surface area contributed by atoms with E-state index in [0.717, 1.165) is 23.1 Å². The average Bonchev–Trinajstić information content (AvgIpc) is 2.38. The number of hydrogen-bond donors (Lipinski definition) is 0. The van der Waals surface area contributed by atoms with Crippen molar-refractivity contribution in [2.45, 2.75) is 19.8 Å². The molecule has 0 amide bonds. The first kappa shape index (κ1) is 15.1. The molecule has 0 bridgehead atoms. The third-order valence-corrected chi connectivity index (χ3v) is 5.04. The van der Waals surface area contributed by atoms with Crippen LogP contribution in [0.1, 0.15) is 18.9 Å². The van der Waals surface area contributed by atoms with Crippen molar-refractivity contribution < 1.29 is 4.74 Å². The van der Waals surface area contributed by atoms with Gasteiger partial charge in [-0.25, -0.2) is 0 Å². The number of alkyl halides is 2. The third-order valence-electron chi connectivity index (χ3n) is 3.14. The predicted molar refractivity (Wildman–Crippen MR) is 78.6 cm³/mol. The molecule has 1 rings (SSSR count). The molecule has 0 unspecified atom stereocenters. The number of ether oxygens (including phenoxy) is 1. The zero-order valence-electron chi connectivity index (χ0n) is 10.1. The number of methoxy groups -OCH3 is 1. The zero-order chi connectivity index (χ0) is 12.9. The molecular formula is C13H17BrCl2O. The lowest BCUT2D eigenvalue weighted by molar-refractivity contribution is 0.359. The summed E-state index contributed by atoms with van der Waals surface area (Å²) in [5.41, 5.74) is 1.14. The van der Waals surface area contributed by atoms with Crippen molar-refractivity contribution in [2.24, 2.45) is 5.41 Å². The highest BCUT2D eigenvalue weighted by atomic mass is 79.9. The summed E-state index contributed by atoms with van der Waals surface area (Å²) < 4.78 is 6.31. The van der Waals surface area contributed by atoms with Gasteiger partial charge >= 0.3 is 0 Å². The molecule has 0 aromatic heterocycles. The molecule has 0 fully saturated rings. The maximum absolute atomic E-state index is 6.07. The molecule has 1 aromatic rings. The quantitative estimate of drug-likeness (QED) is 0.671. The molecule has 1 nitrogen and oxygen atoms in total. The van der Waals surface area contributed by atoms with Crippen LogP contribution in [0, 0.1) is 5.41 Å². The van der Waals surface area contributed by atoms with E-state index in [9.17, 15) is 0 Å². The molecule has 0 heterocycles. The second kappa shape index (κ2) is 6.86. The van der Waals surface area contributed by atoms with Crippen LogP contribution in [-0.4, -0.2) is 18.9 Å². The summed E-state index contributed by atoms with van der Waals surface area (Å²) >= 11 is 15.7. The standard InChI is InChI=1S/C13H17BrCl2O/c1-3-13(8-15,9-16)7-10-6-11(17-2)4-5-12(10)14/h4-6H,3,7-9H2,1-2H3. The summed E-state index contributed by atoms with van der Waals surface area (Å²) in [6.45, 7) is 2.12. The van der Waals surface area contributed by atoms with Gasteiger partial charge in [0.15, 0.2) is 0 Å². The molecule has 0 aliphatic carbocycles. The highest BCUT2D eigenvalue weighted by Crippen LogP contribution is 2.34. The molecule has 4 heteroatoms. The Balaban J connectivity index is 2.99. The molecule has 0 aliphatic rings. The minimum absolute atomic E-state index is 0.0437. The lowest BCUT2D eigenvalue weighted by Gasteiger charge is -2.28. The second-order valence-electron chi connectivity index (χ2n) is 4.25. The van der Waals surface area contributed by atoms with E-state index < -0.39 is 0 Å². The fourth-order valence-electron chi connectivity index (χ4n) is 1.66. The fraction of sp³-hybridized carbons (Fsp3) is 0.538. The molecular weight excluding hydrogens is 323 g/mol. The van der Waals surface area contributed by atoms with Crippen molar-refractivity contribution in [3.8, 4) is 5.75 Å². The van der Waals surface area contributed by atoms with Gasteiger partial charge in [-0.2, -0.15) is 0 Å². The first-order chi connectivity index (χ1) is 8.10. The van der Waals surface area contributed by atoms with Crippen molar-refractivity contribution in [1.29, 1.82) is 0 Å². The Morgan fingerprint density at radius 3 is 2.41 bits per heavy atom. The normalized spacial score (nSPS) is 11.6. The van der Waals surface area contributed by atoms with Crippen LogP contribution >= 0.6 is 39.1 Å². The van der Waals surface area contributed by atoms with E-state index in [1.165, 1.54) is 5.56 Å². The van der Waals surface area contributed by atoms with Gasteiger partial charge in [-0.15, -0.1) is 23.2 Å². The summed E-state index contributed by atoms with van der Waals surface area (Å²) in [5.74, 6) is 1.99. The topological polar surface area (TPSA) is 9.23 Å². The molecule has 0 saturated heterocycles. The van der Waals surface area contributed by atoms with E-state index in [2.05, 4.69) is 22.9 Å². The molecule has 0 spiro atoms. The van der Waals surface area contributed by atoms with Crippen molar-refractivity contribution in [3.05, 3.63) is 28.2 Å². The van der Waals surface area contributed by atoms with Crippen molar-refractivity contribution in [3.63, 3.8) is 0 Å². The van der Waals surface area contributed by atoms with E-state index in [-0.39, 0.29) is 5.41 Å². The highest BCUT2D eigenvalue weighted by molar-refractivity contribution is 9.10. The summed E-state index contributed by atoms with van der Waals surface area (Å²) in [6.07, 6.45) is 1.82. The van der Waals surface area contributed by atoms with Gasteiger partial charge in [-0.3, -0.25) is 0 Å². The van der Waals surface area contributed by atoms with Gasteiger partial charge in [-0.05, 0) is 36.6 Å². The first-order valence-electron chi connectivity index (χ1n) is 5.55. The third kappa shape index (κ3) is 3.77. The molecule has 0 atom stereocenters. The molecule has 0 aliphatic heterocycles. The molecule has 0 radical (unpaired) electrons. The summed E-state index contributed by atoms with van der Waals surface area (Å²) in [7, 11) is 1.67. The van der Waals surface area contributed by atoms with Crippen molar-refractivity contribution in [2.75, 3.05) is 18.9 Å². The first-order valence-corrected chi connectivity index (χ1v) is 7.41. The van der Waals surface area contributed by atoms with Crippen LogP contribution in [0.2, 0.25) is 0 Å². The van der Waals surface area contributed by atoms with Crippen LogP contribution in [0.4, 0.5) is 0 Å². The summed E-state index contributed by atoms with van der Waals surface area (Å²) in [6, 6.07) is 5.97. The van der Waals surface area contributed by atoms with E-state index in [4.69, 9.17) is 27.9 Å². The second-order valence-corrected chi connectivity index (χ2v) is 5.64. The van der Waals surface area contributed by atoms with Gasteiger partial charge < -0.3 is 4.74 Å². The number of rotatable bonds is 6. The minimum atomic E-state index is -0.0437. The fourth-order valence-corrected chi connectivity index (χ4v) is 2.90. The van der Waals surface area contributed by atoms with Gasteiger partial charge in [0.2, 0.25) is 0 Å². The Bertz CT molecular complexity index is 356. The molecule has 1 aromatic carbocycles. The van der Waals surface area contributed by atoms with Crippen LogP contribution in [0.25, 0.3) is 0 Å². The summed E-state index contributed by atoms with van der Waals surface area (Å²) in [4.78, 5) is 0. The Kier molecular flexibility index (Phi) is 6.11. The number of benzene rings is 1. The van der Waals surface area contributed by atoms with Gasteiger partial charge in [0.05, 0.1) is 7.11 Å². The predicted octanol–water partition coefficient (Wildman–Crippen LogP) is 4.87. The van der Waals surface area contributed by atoms with E-state index >= 15 is 0 Å². The average molecular weight is 340 g/mol. The highest BCUT2D eigenvalue weighted by Gasteiger charge is 2.27. The lowest BCUT2D eigenvalue weighted by atomic mass is 9.83. The van der Waals surface area contributed by atoms with Crippen molar-refractivity contribution in [1.82, 2.24) is 0 Å². The maximum Gasteiger partial charge on any atom is 0.119 e. The van der Waals surface area contributed by atoms with E-state index in [0.29, 0.717) is 11.8 Å². The monoisotopic (exact) mass is 338 g/mol. The number of hydrogen-bond acceptors (Lipinski definition) is 1. The van der Waals surface area contributed by atoms with Crippen LogP contribution in [0.5, 0.6) is 5.75 Å². The SMILES string of the molecule is CCC(CCl)(CCl)Cc1cc(OC)ccc1Br. The van der Waals surface area contributed by atoms with Gasteiger partial charge in [0.1, 0.15) is 5.75 Å². The minimum Gasteiger partial charge on any atom is -0.497 e. The molecule has 0 saturated carbocycles. The van der Waals surface area contributed by atoms with Crippen LogP contribution in [0.3, 0.4) is 0 Å². The van der Waals surface area contributed by atoms with E-state index in [1.54, 1.807) is 7.11 Å². The molecule has 0 N–H and O–H groups in total. The van der Waals surface area contributed by atoms with Crippen LogP contribution < -0.4 is 4.74 Å². The summed E-state index contributed by atoms with van der Waals surface area (Å²) in [5, 5.41) is 0. The smallest absolute Gasteiger partial charge is 0.119 e. The Morgan fingerprint density at radius 2 is 1.94 bits per heavy atom. The van der Waals surface area contributed by atoms with Crippen molar-refractivity contribution >= 4 is 39.1 Å². The van der Waals surface area contributed by atoms with Gasteiger partial charge in [0, 0.05) is 21.6 Å². The van der Waals surface area contributed by atoms with Gasteiger partial charge in [0.25, 0.3) is 0 Å². The molecule has 17 heavy (non-hydrogen) atoms. The zero-order valence-corrected chi connectivity index (χ0v) is 13.2. The maximum atomic E-state index is 6.07. The largest absolute Gasteiger partial charge is 0.497 e. The van der Waals surface area contributed by atoms with E-state index in [1.807, 2.05) is 18.2 Å². The molecule has 96 valence electrons. The Morgan fingerprint density at radius 1 is 1.29 bits per heavy atom.